The van der Waals surface area contributed by atoms with Crippen LogP contribution in [0.4, 0.5) is 0 Å². The molecule has 0 N–H and O–H groups in total. The van der Waals surface area contributed by atoms with E-state index in [1.807, 2.05) is 12.1 Å². The summed E-state index contributed by atoms with van der Waals surface area (Å²) in [5, 5.41) is 13.4. The van der Waals surface area contributed by atoms with Crippen molar-refractivity contribution in [3.8, 4) is 6.07 Å². The third-order valence-corrected chi connectivity index (χ3v) is 4.14. The second-order valence-electron chi connectivity index (χ2n) is 4.47. The third-order valence-electron chi connectivity index (χ3n) is 3.22. The molecule has 0 amide bonds. The van der Waals surface area contributed by atoms with Crippen molar-refractivity contribution in [2.75, 3.05) is 5.88 Å². The number of nitrogens with zero attached hydrogens (tertiary/aromatic N) is 3. The molecule has 0 saturated heterocycles. The van der Waals surface area contributed by atoms with Crippen LogP contribution in [0.2, 0.25) is 0 Å². The molecule has 2 heterocycles. The van der Waals surface area contributed by atoms with Gasteiger partial charge in [0.15, 0.2) is 0 Å². The van der Waals surface area contributed by atoms with Gasteiger partial charge in [0.1, 0.15) is 17.4 Å². The summed E-state index contributed by atoms with van der Waals surface area (Å²) in [7, 11) is 0. The molecule has 1 aromatic carbocycles. The molecule has 0 bridgehead atoms. The van der Waals surface area contributed by atoms with E-state index in [1.54, 1.807) is 17.4 Å². The Morgan fingerprint density at radius 3 is 2.95 bits per heavy atom. The molecule has 100 valence electrons. The van der Waals surface area contributed by atoms with Gasteiger partial charge in [-0.2, -0.15) is 16.6 Å². The van der Waals surface area contributed by atoms with Crippen molar-refractivity contribution in [1.29, 1.82) is 5.26 Å². The number of hydrogen-bond acceptors (Lipinski definition) is 3. The molecule has 3 rings (SSSR count). The predicted octanol–water partition coefficient (Wildman–Crippen LogP) is 3.80. The molecule has 5 heteroatoms. The summed E-state index contributed by atoms with van der Waals surface area (Å²) in [5.41, 5.74) is 3.62. The van der Waals surface area contributed by atoms with Crippen molar-refractivity contribution in [2.24, 2.45) is 0 Å². The minimum atomic E-state index is 0.523. The number of para-hydroxylation sites is 1. The van der Waals surface area contributed by atoms with Gasteiger partial charge >= 0.3 is 0 Å². The zero-order chi connectivity index (χ0) is 13.9. The zero-order valence-electron chi connectivity index (χ0n) is 10.7. The van der Waals surface area contributed by atoms with Gasteiger partial charge < -0.3 is 4.57 Å². The Bertz CT molecular complexity index is 768. The Kier molecular flexibility index (Phi) is 3.72. The fourth-order valence-electron chi connectivity index (χ4n) is 2.30. The number of nitriles is 1. The van der Waals surface area contributed by atoms with E-state index in [1.165, 1.54) is 5.56 Å². The average Bonchev–Trinajstić information content (AvgIpc) is 3.08. The van der Waals surface area contributed by atoms with Gasteiger partial charge in [0.05, 0.1) is 17.6 Å². The number of fused-ring (bicyclic) bond motifs is 1. The summed E-state index contributed by atoms with van der Waals surface area (Å²) in [6.07, 6.45) is 0.700. The molecule has 0 radical (unpaired) electrons. The van der Waals surface area contributed by atoms with E-state index < -0.39 is 0 Å². The van der Waals surface area contributed by atoms with Gasteiger partial charge in [-0.3, -0.25) is 0 Å². The molecule has 20 heavy (non-hydrogen) atoms. The zero-order valence-corrected chi connectivity index (χ0v) is 12.3. The predicted molar refractivity (Wildman–Crippen MR) is 82.3 cm³/mol. The molecule has 3 aromatic rings. The quantitative estimate of drug-likeness (QED) is 0.688. The molecule has 3 nitrogen and oxygen atoms in total. The SMILES string of the molecule is N#Cc1cccc2c1nc(CCCl)n2Cc1ccsc1. The van der Waals surface area contributed by atoms with Crippen LogP contribution in [0.1, 0.15) is 17.0 Å². The van der Waals surface area contributed by atoms with Crippen LogP contribution in [-0.2, 0) is 13.0 Å². The van der Waals surface area contributed by atoms with E-state index in [2.05, 4.69) is 32.4 Å². The summed E-state index contributed by atoms with van der Waals surface area (Å²) < 4.78 is 2.15. The van der Waals surface area contributed by atoms with Gasteiger partial charge in [0.2, 0.25) is 0 Å². The van der Waals surface area contributed by atoms with E-state index in [0.29, 0.717) is 17.9 Å². The van der Waals surface area contributed by atoms with Crippen LogP contribution < -0.4 is 0 Å². The van der Waals surface area contributed by atoms with Crippen LogP contribution >= 0.6 is 22.9 Å². The first kappa shape index (κ1) is 13.2. The molecular weight excluding hydrogens is 290 g/mol. The molecule has 0 atom stereocenters. The lowest BCUT2D eigenvalue weighted by Gasteiger charge is -2.07. The second-order valence-corrected chi connectivity index (χ2v) is 5.63. The normalized spacial score (nSPS) is 10.8. The largest absolute Gasteiger partial charge is 0.323 e. The smallest absolute Gasteiger partial charge is 0.111 e. The molecular formula is C15H12ClN3S. The maximum atomic E-state index is 9.20. The first-order valence-corrected chi connectivity index (χ1v) is 7.76. The summed E-state index contributed by atoms with van der Waals surface area (Å²) in [5.74, 6) is 1.46. The first-order valence-electron chi connectivity index (χ1n) is 6.28. The maximum absolute atomic E-state index is 9.20. The average molecular weight is 302 g/mol. The number of thiophene rings is 1. The van der Waals surface area contributed by atoms with E-state index in [0.717, 1.165) is 23.4 Å². The number of hydrogen-bond donors (Lipinski definition) is 0. The molecule has 2 aromatic heterocycles. The standard InChI is InChI=1S/C15H12ClN3S/c16-6-4-14-18-15-12(8-17)2-1-3-13(15)19(14)9-11-5-7-20-10-11/h1-3,5,7,10H,4,6,9H2. The molecule has 0 aliphatic carbocycles. The van der Waals surface area contributed by atoms with Gasteiger partial charge in [-0.1, -0.05) is 6.07 Å². The van der Waals surface area contributed by atoms with Crippen LogP contribution in [0.5, 0.6) is 0 Å². The summed E-state index contributed by atoms with van der Waals surface area (Å²) >= 11 is 7.56. The number of benzene rings is 1. The highest BCUT2D eigenvalue weighted by molar-refractivity contribution is 7.07. The Morgan fingerprint density at radius 2 is 2.25 bits per heavy atom. The van der Waals surface area contributed by atoms with E-state index in [9.17, 15) is 5.26 Å². The number of aryl methyl sites for hydroxylation is 1. The molecule has 0 fully saturated rings. The van der Waals surface area contributed by atoms with Crippen LogP contribution in [-0.4, -0.2) is 15.4 Å². The molecule has 0 aliphatic rings. The lowest BCUT2D eigenvalue weighted by molar-refractivity contribution is 0.756. The van der Waals surface area contributed by atoms with Crippen molar-refractivity contribution in [3.05, 3.63) is 52.0 Å². The minimum Gasteiger partial charge on any atom is -0.323 e. The molecule has 0 aliphatic heterocycles. The highest BCUT2D eigenvalue weighted by Gasteiger charge is 2.13. The van der Waals surface area contributed by atoms with Crippen LogP contribution in [0.15, 0.2) is 35.0 Å². The van der Waals surface area contributed by atoms with Crippen LogP contribution in [0.25, 0.3) is 11.0 Å². The number of aromatic nitrogens is 2. The molecule has 0 saturated carbocycles. The Hall–Kier alpha value is -1.83. The number of alkyl halides is 1. The lowest BCUT2D eigenvalue weighted by Crippen LogP contribution is -2.05. The monoisotopic (exact) mass is 301 g/mol. The highest BCUT2D eigenvalue weighted by Crippen LogP contribution is 2.22. The number of imidazole rings is 1. The fraction of sp³-hybridized carbons (Fsp3) is 0.200. The van der Waals surface area contributed by atoms with Crippen molar-refractivity contribution in [1.82, 2.24) is 9.55 Å². The third kappa shape index (κ3) is 2.31. The molecule has 0 unspecified atom stereocenters. The van der Waals surface area contributed by atoms with Gasteiger partial charge in [-0.15, -0.1) is 11.6 Å². The van der Waals surface area contributed by atoms with Crippen molar-refractivity contribution in [3.63, 3.8) is 0 Å². The fourth-order valence-corrected chi connectivity index (χ4v) is 3.13. The summed E-state index contributed by atoms with van der Waals surface area (Å²) in [6.45, 7) is 0.765. The van der Waals surface area contributed by atoms with Crippen LogP contribution in [0, 0.1) is 11.3 Å². The first-order chi connectivity index (χ1) is 9.83. The van der Waals surface area contributed by atoms with Crippen molar-refractivity contribution >= 4 is 34.0 Å². The highest BCUT2D eigenvalue weighted by atomic mass is 35.5. The second kappa shape index (κ2) is 5.66. The van der Waals surface area contributed by atoms with Gasteiger partial charge in [0, 0.05) is 12.3 Å². The van der Waals surface area contributed by atoms with Gasteiger partial charge in [-0.25, -0.2) is 4.98 Å². The van der Waals surface area contributed by atoms with E-state index in [4.69, 9.17) is 11.6 Å². The van der Waals surface area contributed by atoms with Gasteiger partial charge in [0.25, 0.3) is 0 Å². The number of halogens is 1. The van der Waals surface area contributed by atoms with E-state index in [-0.39, 0.29) is 0 Å². The lowest BCUT2D eigenvalue weighted by atomic mass is 10.2. The Labute approximate surface area is 126 Å². The minimum absolute atomic E-state index is 0.523. The Morgan fingerprint density at radius 1 is 1.35 bits per heavy atom. The topological polar surface area (TPSA) is 41.6 Å². The van der Waals surface area contributed by atoms with E-state index >= 15 is 0 Å². The Balaban J connectivity index is 2.17. The summed E-state index contributed by atoms with van der Waals surface area (Å²) in [6, 6.07) is 10.0. The number of rotatable bonds is 4. The maximum Gasteiger partial charge on any atom is 0.111 e. The molecule has 0 spiro atoms. The van der Waals surface area contributed by atoms with Gasteiger partial charge in [-0.05, 0) is 34.5 Å². The summed E-state index contributed by atoms with van der Waals surface area (Å²) in [4.78, 5) is 4.61. The van der Waals surface area contributed by atoms with Crippen LogP contribution in [0.3, 0.4) is 0 Å². The van der Waals surface area contributed by atoms with Crippen molar-refractivity contribution in [2.45, 2.75) is 13.0 Å². The van der Waals surface area contributed by atoms with Crippen molar-refractivity contribution < 1.29 is 0 Å².